The van der Waals surface area contributed by atoms with Gasteiger partial charge in [-0.15, -0.1) is 0 Å². The van der Waals surface area contributed by atoms with Crippen molar-refractivity contribution in [3.05, 3.63) is 34.5 Å². The van der Waals surface area contributed by atoms with Gasteiger partial charge in [-0.1, -0.05) is 0 Å². The van der Waals surface area contributed by atoms with Gasteiger partial charge in [-0.2, -0.15) is 0 Å². The average Bonchev–Trinajstić information content (AvgIpc) is 3.40. The van der Waals surface area contributed by atoms with Gasteiger partial charge in [0.2, 0.25) is 0 Å². The van der Waals surface area contributed by atoms with E-state index in [-0.39, 0.29) is 5.43 Å². The molecule has 0 atom stereocenters. The molecule has 0 amide bonds. The van der Waals surface area contributed by atoms with E-state index in [1.807, 2.05) is 0 Å². The lowest BCUT2D eigenvalue weighted by molar-refractivity contribution is 0.377. The Bertz CT molecular complexity index is 883. The molecule has 0 aromatic heterocycles. The highest BCUT2D eigenvalue weighted by Crippen LogP contribution is 2.51. The molecular formula is C21H22O7. The highest BCUT2D eigenvalue weighted by atomic mass is 16.5. The Labute approximate surface area is 163 Å². The molecule has 0 spiro atoms. The molecule has 3 rings (SSSR count). The predicted octanol–water partition coefficient (Wildman–Crippen LogP) is 3.31. The molecular weight excluding hydrogens is 364 g/mol. The van der Waals surface area contributed by atoms with Crippen LogP contribution in [-0.4, -0.2) is 42.7 Å². The van der Waals surface area contributed by atoms with Gasteiger partial charge in [-0.25, -0.2) is 0 Å². The smallest absolute Gasteiger partial charge is 0.196 e. The van der Waals surface area contributed by atoms with Crippen LogP contribution in [0.3, 0.4) is 0 Å². The van der Waals surface area contributed by atoms with Crippen molar-refractivity contribution >= 4 is 0 Å². The maximum absolute atomic E-state index is 12.8. The van der Waals surface area contributed by atoms with Gasteiger partial charge >= 0.3 is 0 Å². The molecule has 28 heavy (non-hydrogen) atoms. The van der Waals surface area contributed by atoms with Gasteiger partial charge in [0.15, 0.2) is 5.43 Å². The zero-order chi connectivity index (χ0) is 20.4. The van der Waals surface area contributed by atoms with Crippen molar-refractivity contribution in [1.82, 2.24) is 0 Å². The van der Waals surface area contributed by atoms with Crippen LogP contribution in [0.15, 0.2) is 29.1 Å². The van der Waals surface area contributed by atoms with Crippen molar-refractivity contribution in [3.63, 3.8) is 0 Å². The van der Waals surface area contributed by atoms with Crippen LogP contribution in [0.25, 0.3) is 22.3 Å². The monoisotopic (exact) mass is 386 g/mol. The first-order chi connectivity index (χ1) is 13.5. The normalized spacial score (nSPS) is 10.6. The summed E-state index contributed by atoms with van der Waals surface area (Å²) in [5, 5.41) is 0. The maximum atomic E-state index is 12.8. The van der Waals surface area contributed by atoms with Crippen molar-refractivity contribution in [1.29, 1.82) is 0 Å². The second-order valence-corrected chi connectivity index (χ2v) is 5.89. The van der Waals surface area contributed by atoms with E-state index in [1.165, 1.54) is 28.4 Å². The van der Waals surface area contributed by atoms with Crippen molar-refractivity contribution in [2.45, 2.75) is 0 Å². The summed E-state index contributed by atoms with van der Waals surface area (Å²) in [6.07, 6.45) is 0. The van der Waals surface area contributed by atoms with Gasteiger partial charge in [-0.3, -0.25) is 4.79 Å². The molecule has 0 aliphatic heterocycles. The van der Waals surface area contributed by atoms with Crippen LogP contribution >= 0.6 is 0 Å². The van der Waals surface area contributed by atoms with E-state index in [9.17, 15) is 4.79 Å². The lowest BCUT2D eigenvalue weighted by atomic mass is 10.1. The molecule has 7 heteroatoms. The Morgan fingerprint density at radius 3 is 0.964 bits per heavy atom. The van der Waals surface area contributed by atoms with Crippen LogP contribution in [0.5, 0.6) is 34.5 Å². The molecule has 0 unspecified atom stereocenters. The fourth-order valence-corrected chi connectivity index (χ4v) is 3.15. The van der Waals surface area contributed by atoms with Gasteiger partial charge in [0.1, 0.15) is 34.5 Å². The Hall–Kier alpha value is -3.35. The van der Waals surface area contributed by atoms with E-state index in [0.29, 0.717) is 56.8 Å². The zero-order valence-corrected chi connectivity index (χ0v) is 16.7. The van der Waals surface area contributed by atoms with Crippen LogP contribution in [0.1, 0.15) is 0 Å². The molecule has 0 heterocycles. The number of methoxy groups -OCH3 is 6. The van der Waals surface area contributed by atoms with Crippen LogP contribution in [-0.2, 0) is 0 Å². The lowest BCUT2D eigenvalue weighted by Crippen LogP contribution is -1.95. The highest BCUT2D eigenvalue weighted by Gasteiger charge is 2.35. The predicted molar refractivity (Wildman–Crippen MR) is 105 cm³/mol. The van der Waals surface area contributed by atoms with Crippen LogP contribution in [0.4, 0.5) is 0 Å². The number of hydrogen-bond donors (Lipinski definition) is 0. The Balaban J connectivity index is 2.24. The SMILES string of the molecule is COc1cc(OC)c(-c2c(-c3c(OC)cc(OC)cc3OC)c2=O)c(OC)c1. The number of rotatable bonds is 8. The van der Waals surface area contributed by atoms with Gasteiger partial charge in [0, 0.05) is 35.4 Å². The molecule has 0 aliphatic carbocycles. The van der Waals surface area contributed by atoms with Gasteiger partial charge in [0.25, 0.3) is 0 Å². The van der Waals surface area contributed by atoms with Gasteiger partial charge in [-0.05, 0) is 0 Å². The molecule has 3 aromatic rings. The fraction of sp³-hybridized carbons (Fsp3) is 0.286. The summed E-state index contributed by atoms with van der Waals surface area (Å²) < 4.78 is 32.5. The van der Waals surface area contributed by atoms with E-state index in [2.05, 4.69) is 0 Å². The fourth-order valence-electron chi connectivity index (χ4n) is 3.15. The molecule has 0 aliphatic rings. The molecule has 0 N–H and O–H groups in total. The summed E-state index contributed by atoms with van der Waals surface area (Å²) in [6, 6.07) is 6.82. The zero-order valence-electron chi connectivity index (χ0n) is 16.7. The van der Waals surface area contributed by atoms with Gasteiger partial charge in [0.05, 0.1) is 53.8 Å². The maximum Gasteiger partial charge on any atom is 0.196 e. The second kappa shape index (κ2) is 7.72. The van der Waals surface area contributed by atoms with E-state index >= 15 is 0 Å². The minimum atomic E-state index is -0.136. The van der Waals surface area contributed by atoms with Crippen molar-refractivity contribution in [2.75, 3.05) is 42.7 Å². The van der Waals surface area contributed by atoms with Crippen molar-refractivity contribution in [2.24, 2.45) is 0 Å². The molecule has 0 saturated heterocycles. The summed E-state index contributed by atoms with van der Waals surface area (Å²) in [6.45, 7) is 0. The topological polar surface area (TPSA) is 72.5 Å². The van der Waals surface area contributed by atoms with E-state index in [0.717, 1.165) is 0 Å². The first-order valence-electron chi connectivity index (χ1n) is 8.44. The third kappa shape index (κ3) is 3.09. The molecule has 7 nitrogen and oxygen atoms in total. The first kappa shape index (κ1) is 19.4. The average molecular weight is 386 g/mol. The Morgan fingerprint density at radius 1 is 0.464 bits per heavy atom. The Kier molecular flexibility index (Phi) is 5.35. The molecule has 3 aromatic carbocycles. The first-order valence-corrected chi connectivity index (χ1v) is 8.44. The van der Waals surface area contributed by atoms with E-state index < -0.39 is 0 Å². The van der Waals surface area contributed by atoms with Crippen LogP contribution in [0, 0.1) is 0 Å². The summed E-state index contributed by atoms with van der Waals surface area (Å²) in [7, 11) is 9.21. The quantitative estimate of drug-likeness (QED) is 0.588. The molecule has 0 radical (unpaired) electrons. The summed E-state index contributed by atoms with van der Waals surface area (Å²) in [4.78, 5) is 12.8. The minimum absolute atomic E-state index is 0.136. The van der Waals surface area contributed by atoms with Crippen LogP contribution in [0.2, 0.25) is 0 Å². The summed E-state index contributed by atoms with van der Waals surface area (Å²) in [5.41, 5.74) is 1.95. The highest BCUT2D eigenvalue weighted by molar-refractivity contribution is 6.01. The number of hydrogen-bond acceptors (Lipinski definition) is 7. The standard InChI is InChI=1S/C21H22O7/c1-23-11-7-13(25-3)17(14(8-11)26-4)19-20(21(19)22)18-15(27-5)9-12(24-2)10-16(18)28-6/h7-10H,1-6H3. The van der Waals surface area contributed by atoms with Crippen molar-refractivity contribution in [3.8, 4) is 56.8 Å². The largest absolute Gasteiger partial charge is 0.496 e. The third-order valence-corrected chi connectivity index (χ3v) is 4.57. The van der Waals surface area contributed by atoms with E-state index in [1.54, 1.807) is 38.5 Å². The molecule has 0 saturated carbocycles. The van der Waals surface area contributed by atoms with E-state index in [4.69, 9.17) is 28.4 Å². The summed E-state index contributed by atoms with van der Waals surface area (Å²) >= 11 is 0. The second-order valence-electron chi connectivity index (χ2n) is 5.89. The lowest BCUT2D eigenvalue weighted by Gasteiger charge is -2.14. The van der Waals surface area contributed by atoms with Crippen molar-refractivity contribution < 1.29 is 28.4 Å². The van der Waals surface area contributed by atoms with Crippen LogP contribution < -0.4 is 33.8 Å². The summed E-state index contributed by atoms with van der Waals surface area (Å²) in [5.74, 6) is 3.02. The molecule has 0 bridgehead atoms. The minimum Gasteiger partial charge on any atom is -0.496 e. The molecule has 148 valence electrons. The Morgan fingerprint density at radius 2 is 0.750 bits per heavy atom. The number of ether oxygens (including phenoxy) is 6. The van der Waals surface area contributed by atoms with Gasteiger partial charge < -0.3 is 28.4 Å². The number of benzene rings is 2. The molecule has 0 fully saturated rings. The third-order valence-electron chi connectivity index (χ3n) is 4.57.